The van der Waals surface area contributed by atoms with E-state index in [1.165, 1.54) is 18.4 Å². The maximum Gasteiger partial charge on any atom is 0.258 e. The molecular formula is C15H17NO2. The van der Waals surface area contributed by atoms with Crippen molar-refractivity contribution in [1.82, 2.24) is 4.57 Å². The zero-order valence-corrected chi connectivity index (χ0v) is 10.5. The Balaban J connectivity index is 2.14. The lowest BCUT2D eigenvalue weighted by Gasteiger charge is -2.13. The van der Waals surface area contributed by atoms with E-state index >= 15 is 0 Å². The fourth-order valence-electron chi connectivity index (χ4n) is 2.39. The minimum absolute atomic E-state index is 0.0172. The van der Waals surface area contributed by atoms with E-state index in [0.29, 0.717) is 5.92 Å². The van der Waals surface area contributed by atoms with Gasteiger partial charge in [-0.2, -0.15) is 0 Å². The first-order valence-electron chi connectivity index (χ1n) is 6.46. The molecule has 3 nitrogen and oxygen atoms in total. The van der Waals surface area contributed by atoms with E-state index in [1.54, 1.807) is 10.8 Å². The first kappa shape index (κ1) is 11.5. The van der Waals surface area contributed by atoms with E-state index in [-0.39, 0.29) is 18.2 Å². The second kappa shape index (κ2) is 4.25. The molecule has 0 amide bonds. The lowest BCUT2D eigenvalue weighted by atomic mass is 10.1. The molecule has 0 saturated heterocycles. The largest absolute Gasteiger partial charge is 0.394 e. The molecule has 0 aliphatic heterocycles. The fraction of sp³-hybridized carbons (Fsp3) is 0.400. The Morgan fingerprint density at radius 3 is 2.83 bits per heavy atom. The number of rotatable bonds is 3. The minimum Gasteiger partial charge on any atom is -0.394 e. The molecule has 3 rings (SSSR count). The first-order chi connectivity index (χ1) is 8.70. The summed E-state index contributed by atoms with van der Waals surface area (Å²) in [5, 5.41) is 10.9. The fourth-order valence-corrected chi connectivity index (χ4v) is 2.39. The molecule has 18 heavy (non-hydrogen) atoms. The molecule has 3 heteroatoms. The molecule has 1 saturated carbocycles. The maximum atomic E-state index is 12.3. The van der Waals surface area contributed by atoms with Gasteiger partial charge < -0.3 is 9.67 Å². The molecule has 1 aromatic heterocycles. The summed E-state index contributed by atoms with van der Waals surface area (Å²) < 4.78 is 1.60. The number of aliphatic hydroxyl groups is 1. The van der Waals surface area contributed by atoms with E-state index in [4.69, 9.17) is 5.11 Å². The normalized spacial score (nSPS) is 17.0. The molecule has 1 aliphatic carbocycles. The van der Waals surface area contributed by atoms with Crippen LogP contribution in [0.4, 0.5) is 0 Å². The number of aliphatic hydroxyl groups excluding tert-OH is 1. The van der Waals surface area contributed by atoms with Crippen molar-refractivity contribution < 1.29 is 5.11 Å². The second-order valence-electron chi connectivity index (χ2n) is 5.18. The molecule has 1 fully saturated rings. The van der Waals surface area contributed by atoms with E-state index in [9.17, 15) is 4.79 Å². The summed E-state index contributed by atoms with van der Waals surface area (Å²) >= 11 is 0. The topological polar surface area (TPSA) is 42.2 Å². The SMILES string of the molecule is C[C@H](CO)n1ccc2cc(C3CC3)ccc2c1=O. The van der Waals surface area contributed by atoms with E-state index in [0.717, 1.165) is 10.8 Å². The van der Waals surface area contributed by atoms with Gasteiger partial charge in [0, 0.05) is 11.6 Å². The number of aromatic nitrogens is 1. The van der Waals surface area contributed by atoms with Crippen molar-refractivity contribution in [2.75, 3.05) is 6.61 Å². The number of nitrogens with zero attached hydrogens (tertiary/aromatic N) is 1. The first-order valence-corrected chi connectivity index (χ1v) is 6.46. The van der Waals surface area contributed by atoms with Crippen LogP contribution < -0.4 is 5.56 Å². The van der Waals surface area contributed by atoms with Gasteiger partial charge in [0.1, 0.15) is 0 Å². The molecule has 1 heterocycles. The summed E-state index contributed by atoms with van der Waals surface area (Å²) in [7, 11) is 0. The summed E-state index contributed by atoms with van der Waals surface area (Å²) in [5.74, 6) is 0.702. The molecule has 0 unspecified atom stereocenters. The van der Waals surface area contributed by atoms with Gasteiger partial charge in [0.05, 0.1) is 12.6 Å². The number of fused-ring (bicyclic) bond motifs is 1. The van der Waals surface area contributed by atoms with Crippen molar-refractivity contribution in [3.05, 3.63) is 46.4 Å². The van der Waals surface area contributed by atoms with Crippen LogP contribution in [0.1, 0.15) is 37.3 Å². The van der Waals surface area contributed by atoms with Gasteiger partial charge in [0.15, 0.2) is 0 Å². The zero-order chi connectivity index (χ0) is 12.7. The molecule has 1 aromatic carbocycles. The quantitative estimate of drug-likeness (QED) is 0.899. The standard InChI is InChI=1S/C15H17NO2/c1-10(9-17)16-7-6-13-8-12(11-2-3-11)4-5-14(13)15(16)18/h4-8,10-11,17H,2-3,9H2,1H3/t10-/m1/s1. The monoisotopic (exact) mass is 243 g/mol. The van der Waals surface area contributed by atoms with Crippen molar-refractivity contribution in [2.45, 2.75) is 31.7 Å². The van der Waals surface area contributed by atoms with Crippen LogP contribution >= 0.6 is 0 Å². The molecule has 0 spiro atoms. The average molecular weight is 243 g/mol. The Morgan fingerprint density at radius 2 is 2.17 bits per heavy atom. The predicted molar refractivity (Wildman–Crippen MR) is 72.0 cm³/mol. The van der Waals surface area contributed by atoms with Gasteiger partial charge in [-0.3, -0.25) is 4.79 Å². The summed E-state index contributed by atoms with van der Waals surface area (Å²) in [6, 6.07) is 7.91. The van der Waals surface area contributed by atoms with Crippen molar-refractivity contribution >= 4 is 10.8 Å². The van der Waals surface area contributed by atoms with Gasteiger partial charge in [-0.05, 0) is 48.8 Å². The number of hydrogen-bond acceptors (Lipinski definition) is 2. The molecule has 94 valence electrons. The van der Waals surface area contributed by atoms with Crippen LogP contribution in [-0.4, -0.2) is 16.3 Å². The van der Waals surface area contributed by atoms with E-state index in [2.05, 4.69) is 12.1 Å². The number of hydrogen-bond donors (Lipinski definition) is 1. The molecule has 0 bridgehead atoms. The van der Waals surface area contributed by atoms with Crippen molar-refractivity contribution in [1.29, 1.82) is 0 Å². The third-order valence-corrected chi connectivity index (χ3v) is 3.74. The highest BCUT2D eigenvalue weighted by Gasteiger charge is 2.23. The minimum atomic E-state index is -0.176. The van der Waals surface area contributed by atoms with Crippen LogP contribution in [0, 0.1) is 0 Å². The Bertz CT molecular complexity index is 640. The summed E-state index contributed by atoms with van der Waals surface area (Å²) in [6.45, 7) is 1.82. The molecular weight excluding hydrogens is 226 g/mol. The highest BCUT2D eigenvalue weighted by Crippen LogP contribution is 2.40. The smallest absolute Gasteiger partial charge is 0.258 e. The van der Waals surface area contributed by atoms with Gasteiger partial charge in [0.25, 0.3) is 5.56 Å². The zero-order valence-electron chi connectivity index (χ0n) is 10.5. The Morgan fingerprint density at radius 1 is 1.39 bits per heavy atom. The third-order valence-electron chi connectivity index (χ3n) is 3.74. The Hall–Kier alpha value is -1.61. The Kier molecular flexibility index (Phi) is 2.71. The lowest BCUT2D eigenvalue weighted by molar-refractivity contribution is 0.236. The molecule has 2 aromatic rings. The van der Waals surface area contributed by atoms with E-state index < -0.39 is 0 Å². The van der Waals surface area contributed by atoms with Crippen LogP contribution in [0.2, 0.25) is 0 Å². The van der Waals surface area contributed by atoms with Crippen LogP contribution in [0.5, 0.6) is 0 Å². The van der Waals surface area contributed by atoms with E-state index in [1.807, 2.05) is 19.1 Å². The van der Waals surface area contributed by atoms with Gasteiger partial charge in [-0.1, -0.05) is 12.1 Å². The average Bonchev–Trinajstić information content (AvgIpc) is 3.22. The summed E-state index contributed by atoms with van der Waals surface area (Å²) in [6.07, 6.45) is 4.32. The van der Waals surface area contributed by atoms with Gasteiger partial charge in [0.2, 0.25) is 0 Å². The number of pyridine rings is 1. The molecule has 1 aliphatic rings. The maximum absolute atomic E-state index is 12.3. The van der Waals surface area contributed by atoms with Crippen LogP contribution in [0.25, 0.3) is 10.8 Å². The molecule has 1 atom stereocenters. The Labute approximate surface area is 106 Å². The summed E-state index contributed by atoms with van der Waals surface area (Å²) in [5.41, 5.74) is 1.33. The lowest BCUT2D eigenvalue weighted by Crippen LogP contribution is -2.24. The van der Waals surface area contributed by atoms with Gasteiger partial charge in [-0.15, -0.1) is 0 Å². The highest BCUT2D eigenvalue weighted by atomic mass is 16.3. The van der Waals surface area contributed by atoms with Crippen LogP contribution in [-0.2, 0) is 0 Å². The molecule has 0 radical (unpaired) electrons. The third kappa shape index (κ3) is 1.85. The van der Waals surface area contributed by atoms with Crippen LogP contribution in [0.15, 0.2) is 35.3 Å². The van der Waals surface area contributed by atoms with Crippen molar-refractivity contribution in [3.63, 3.8) is 0 Å². The van der Waals surface area contributed by atoms with Gasteiger partial charge >= 0.3 is 0 Å². The molecule has 1 N–H and O–H groups in total. The highest BCUT2D eigenvalue weighted by molar-refractivity contribution is 5.82. The number of benzene rings is 1. The van der Waals surface area contributed by atoms with Crippen molar-refractivity contribution in [2.24, 2.45) is 0 Å². The van der Waals surface area contributed by atoms with Gasteiger partial charge in [-0.25, -0.2) is 0 Å². The predicted octanol–water partition coefficient (Wildman–Crippen LogP) is 2.43. The summed E-state index contributed by atoms with van der Waals surface area (Å²) in [4.78, 5) is 12.3. The second-order valence-corrected chi connectivity index (χ2v) is 5.18. The van der Waals surface area contributed by atoms with Crippen molar-refractivity contribution in [3.8, 4) is 0 Å². The van der Waals surface area contributed by atoms with Crippen LogP contribution in [0.3, 0.4) is 0 Å².